The number of halogens is 2. The highest BCUT2D eigenvalue weighted by atomic mass is 79.9. The summed E-state index contributed by atoms with van der Waals surface area (Å²) in [7, 11) is -3.66. The first-order valence-electron chi connectivity index (χ1n) is 6.09. The van der Waals surface area contributed by atoms with Crippen molar-refractivity contribution >= 4 is 41.9 Å². The highest BCUT2D eigenvalue weighted by Crippen LogP contribution is 2.28. The van der Waals surface area contributed by atoms with E-state index in [0.29, 0.717) is 16.1 Å². The van der Waals surface area contributed by atoms with Crippen molar-refractivity contribution in [3.63, 3.8) is 0 Å². The molecule has 5 nitrogen and oxygen atoms in total. The summed E-state index contributed by atoms with van der Waals surface area (Å²) < 4.78 is 33.8. The van der Waals surface area contributed by atoms with E-state index in [1.54, 1.807) is 19.1 Å². The van der Waals surface area contributed by atoms with Crippen LogP contribution in [0.15, 0.2) is 30.4 Å². The lowest BCUT2D eigenvalue weighted by molar-refractivity contribution is 0.463. The lowest BCUT2D eigenvalue weighted by Gasteiger charge is -2.09. The van der Waals surface area contributed by atoms with Crippen LogP contribution in [0.25, 0.3) is 0 Å². The van der Waals surface area contributed by atoms with Crippen LogP contribution in [0.5, 0.6) is 0 Å². The minimum absolute atomic E-state index is 0.00888. The largest absolute Gasteiger partial charge is 0.444 e. The highest BCUT2D eigenvalue weighted by molar-refractivity contribution is 9.11. The van der Waals surface area contributed by atoms with Crippen molar-refractivity contribution in [2.75, 3.05) is 0 Å². The normalized spacial score (nSPS) is 11.9. The van der Waals surface area contributed by atoms with Gasteiger partial charge in [0.25, 0.3) is 0 Å². The van der Waals surface area contributed by atoms with Crippen molar-refractivity contribution in [3.8, 4) is 0 Å². The summed E-state index contributed by atoms with van der Waals surface area (Å²) in [5, 5.41) is 0. The molecule has 0 saturated heterocycles. The number of hydrogen-bond acceptors (Lipinski definition) is 4. The smallest absolute Gasteiger partial charge is 0.242 e. The van der Waals surface area contributed by atoms with Crippen molar-refractivity contribution in [1.82, 2.24) is 9.71 Å². The fourth-order valence-corrected chi connectivity index (χ4v) is 4.33. The zero-order valence-corrected chi connectivity index (χ0v) is 15.7. The quantitative estimate of drug-likeness (QED) is 0.792. The van der Waals surface area contributed by atoms with Crippen LogP contribution in [-0.4, -0.2) is 13.4 Å². The molecule has 2 rings (SSSR count). The lowest BCUT2D eigenvalue weighted by Crippen LogP contribution is -2.24. The van der Waals surface area contributed by atoms with Gasteiger partial charge in [-0.1, -0.05) is 15.9 Å². The number of benzene rings is 1. The van der Waals surface area contributed by atoms with E-state index in [1.165, 1.54) is 0 Å². The molecule has 0 unspecified atom stereocenters. The third-order valence-electron chi connectivity index (χ3n) is 2.99. The second-order valence-corrected chi connectivity index (χ2v) is 8.05. The fourth-order valence-electron chi connectivity index (χ4n) is 1.68. The summed E-state index contributed by atoms with van der Waals surface area (Å²) in [6, 6.07) is 3.31. The SMILES string of the molecule is Cc1cc(Br)c(S(=O)(=O)NCc2nc(C)c(C)o2)cc1Br. The molecule has 0 aliphatic carbocycles. The molecule has 0 radical (unpaired) electrons. The summed E-state index contributed by atoms with van der Waals surface area (Å²) in [5.41, 5.74) is 1.70. The van der Waals surface area contributed by atoms with Crippen LogP contribution < -0.4 is 4.72 Å². The zero-order chi connectivity index (χ0) is 15.8. The van der Waals surface area contributed by atoms with E-state index in [-0.39, 0.29) is 11.4 Å². The summed E-state index contributed by atoms with van der Waals surface area (Å²) in [5.74, 6) is 1.03. The van der Waals surface area contributed by atoms with E-state index in [2.05, 4.69) is 41.6 Å². The van der Waals surface area contributed by atoms with Crippen LogP contribution in [-0.2, 0) is 16.6 Å². The average Bonchev–Trinajstić information content (AvgIpc) is 2.71. The molecule has 1 aromatic carbocycles. The number of rotatable bonds is 4. The fraction of sp³-hybridized carbons (Fsp3) is 0.308. The summed E-state index contributed by atoms with van der Waals surface area (Å²) in [6.07, 6.45) is 0. The Balaban J connectivity index is 2.24. The minimum atomic E-state index is -3.66. The van der Waals surface area contributed by atoms with E-state index >= 15 is 0 Å². The third-order valence-corrected chi connectivity index (χ3v) is 6.20. The van der Waals surface area contributed by atoms with Gasteiger partial charge in [0.2, 0.25) is 15.9 Å². The van der Waals surface area contributed by atoms with Gasteiger partial charge >= 0.3 is 0 Å². The minimum Gasteiger partial charge on any atom is -0.444 e. The lowest BCUT2D eigenvalue weighted by atomic mass is 10.2. The molecule has 0 atom stereocenters. The van der Waals surface area contributed by atoms with Crippen molar-refractivity contribution in [2.24, 2.45) is 0 Å². The predicted octanol–water partition coefficient (Wildman–Crippen LogP) is 3.60. The number of nitrogens with zero attached hydrogens (tertiary/aromatic N) is 1. The molecule has 1 N–H and O–H groups in total. The third kappa shape index (κ3) is 3.74. The second-order valence-electron chi connectivity index (χ2n) is 4.61. The Morgan fingerprint density at radius 3 is 2.43 bits per heavy atom. The van der Waals surface area contributed by atoms with Crippen LogP contribution in [0.1, 0.15) is 22.9 Å². The number of oxazole rings is 1. The molecule has 1 heterocycles. The first-order chi connectivity index (χ1) is 9.70. The predicted molar refractivity (Wildman–Crippen MR) is 86.6 cm³/mol. The molecule has 0 saturated carbocycles. The molecule has 8 heteroatoms. The molecule has 0 bridgehead atoms. The Hall–Kier alpha value is -0.700. The van der Waals surface area contributed by atoms with Crippen molar-refractivity contribution in [2.45, 2.75) is 32.2 Å². The van der Waals surface area contributed by atoms with E-state index < -0.39 is 10.0 Å². The molecule has 0 spiro atoms. The van der Waals surface area contributed by atoms with Gasteiger partial charge < -0.3 is 4.42 Å². The van der Waals surface area contributed by atoms with Crippen LogP contribution in [0.2, 0.25) is 0 Å². The topological polar surface area (TPSA) is 72.2 Å². The van der Waals surface area contributed by atoms with Crippen LogP contribution in [0, 0.1) is 20.8 Å². The Morgan fingerprint density at radius 2 is 1.86 bits per heavy atom. The molecule has 0 fully saturated rings. The van der Waals surface area contributed by atoms with Gasteiger partial charge in [0.05, 0.1) is 17.1 Å². The van der Waals surface area contributed by atoms with Gasteiger partial charge in [-0.25, -0.2) is 18.1 Å². The Morgan fingerprint density at radius 1 is 1.19 bits per heavy atom. The Bertz CT molecular complexity index is 765. The first kappa shape index (κ1) is 16.7. The molecule has 1 aromatic heterocycles. The summed E-state index contributed by atoms with van der Waals surface area (Å²) in [6.45, 7) is 5.49. The van der Waals surface area contributed by atoms with Crippen molar-refractivity contribution in [3.05, 3.63) is 44.0 Å². The van der Waals surface area contributed by atoms with Crippen LogP contribution in [0.3, 0.4) is 0 Å². The number of aryl methyl sites for hydroxylation is 3. The van der Waals surface area contributed by atoms with E-state index in [9.17, 15) is 8.42 Å². The number of sulfonamides is 1. The molecule has 0 amide bonds. The standard InChI is InChI=1S/C13H14Br2N2O3S/c1-7-4-11(15)12(5-10(7)14)21(18,19)16-6-13-17-8(2)9(3)20-13/h4-5,16H,6H2,1-3H3. The Labute approximate surface area is 140 Å². The van der Waals surface area contributed by atoms with Gasteiger partial charge in [-0.3, -0.25) is 0 Å². The molecule has 21 heavy (non-hydrogen) atoms. The molecule has 0 aliphatic rings. The van der Waals surface area contributed by atoms with E-state index in [4.69, 9.17) is 4.42 Å². The molecule has 0 aliphatic heterocycles. The van der Waals surface area contributed by atoms with Crippen molar-refractivity contribution < 1.29 is 12.8 Å². The second kappa shape index (κ2) is 6.20. The molecular formula is C13H14Br2N2O3S. The number of hydrogen-bond donors (Lipinski definition) is 1. The Kier molecular flexibility index (Phi) is 4.92. The summed E-state index contributed by atoms with van der Waals surface area (Å²) in [4.78, 5) is 4.31. The monoisotopic (exact) mass is 436 g/mol. The summed E-state index contributed by atoms with van der Waals surface area (Å²) >= 11 is 6.62. The van der Waals surface area contributed by atoms with Gasteiger partial charge in [0.1, 0.15) is 5.76 Å². The number of aromatic nitrogens is 1. The van der Waals surface area contributed by atoms with E-state index in [1.807, 2.05) is 13.8 Å². The van der Waals surface area contributed by atoms with Crippen molar-refractivity contribution in [1.29, 1.82) is 0 Å². The molecule has 114 valence electrons. The molecular weight excluding hydrogens is 424 g/mol. The molecule has 2 aromatic rings. The van der Waals surface area contributed by atoms with Gasteiger partial charge in [-0.2, -0.15) is 0 Å². The maximum absolute atomic E-state index is 12.4. The highest BCUT2D eigenvalue weighted by Gasteiger charge is 2.20. The van der Waals surface area contributed by atoms with Gasteiger partial charge in [-0.05, 0) is 54.4 Å². The first-order valence-corrected chi connectivity index (χ1v) is 9.16. The van der Waals surface area contributed by atoms with Gasteiger partial charge in [-0.15, -0.1) is 0 Å². The van der Waals surface area contributed by atoms with Crippen LogP contribution in [0.4, 0.5) is 0 Å². The number of nitrogens with one attached hydrogen (secondary N) is 1. The van der Waals surface area contributed by atoms with E-state index in [0.717, 1.165) is 15.7 Å². The van der Waals surface area contributed by atoms with Crippen LogP contribution >= 0.6 is 31.9 Å². The zero-order valence-electron chi connectivity index (χ0n) is 11.7. The average molecular weight is 438 g/mol. The maximum atomic E-state index is 12.4. The maximum Gasteiger partial charge on any atom is 0.242 e. The van der Waals surface area contributed by atoms with Gasteiger partial charge in [0, 0.05) is 8.95 Å². The van der Waals surface area contributed by atoms with Gasteiger partial charge in [0.15, 0.2) is 0 Å².